The van der Waals surface area contributed by atoms with Gasteiger partial charge in [0.1, 0.15) is 12.6 Å². The fourth-order valence-electron chi connectivity index (χ4n) is 3.48. The Bertz CT molecular complexity index is 1300. The predicted molar refractivity (Wildman–Crippen MR) is 144 cm³/mol. The number of aryl methyl sites for hydroxylation is 1. The van der Waals surface area contributed by atoms with Crippen LogP contribution in [0.15, 0.2) is 72.8 Å². The van der Waals surface area contributed by atoms with E-state index in [4.69, 9.17) is 22.4 Å². The van der Waals surface area contributed by atoms with E-state index in [0.29, 0.717) is 28.3 Å². The van der Waals surface area contributed by atoms with E-state index in [2.05, 4.69) is 22.5 Å². The highest BCUT2D eigenvalue weighted by molar-refractivity contribution is 6.30. The van der Waals surface area contributed by atoms with E-state index in [9.17, 15) is 14.4 Å². The highest BCUT2D eigenvalue weighted by atomic mass is 35.5. The minimum atomic E-state index is -0.932. The molecule has 7 nitrogen and oxygen atoms in total. The Hall–Kier alpha value is -3.96. The van der Waals surface area contributed by atoms with Crippen LogP contribution in [-0.2, 0) is 16.0 Å². The third-order valence-corrected chi connectivity index (χ3v) is 5.75. The Morgan fingerprint density at radius 1 is 0.946 bits per heavy atom. The van der Waals surface area contributed by atoms with Gasteiger partial charge in [0.05, 0.1) is 0 Å². The van der Waals surface area contributed by atoms with E-state index < -0.39 is 24.3 Å². The van der Waals surface area contributed by atoms with Gasteiger partial charge in [-0.05, 0) is 79.1 Å². The molecule has 0 aliphatic rings. The molecule has 0 fully saturated rings. The number of hydrogen-bond acceptors (Lipinski definition) is 5. The lowest BCUT2D eigenvalue weighted by Gasteiger charge is -2.14. The molecule has 0 saturated heterocycles. The molecule has 190 valence electrons. The van der Waals surface area contributed by atoms with Gasteiger partial charge in [-0.25, -0.2) is 0 Å². The number of ketones is 1. The molecular formula is C29H28ClN3O4. The van der Waals surface area contributed by atoms with E-state index in [0.717, 1.165) is 24.0 Å². The van der Waals surface area contributed by atoms with Crippen molar-refractivity contribution in [2.75, 3.05) is 18.5 Å². The molecule has 0 bridgehead atoms. The maximum absolute atomic E-state index is 12.3. The molecule has 3 aromatic rings. The van der Waals surface area contributed by atoms with Gasteiger partial charge in [0, 0.05) is 40.4 Å². The van der Waals surface area contributed by atoms with Gasteiger partial charge in [0.2, 0.25) is 5.91 Å². The molecule has 8 heteroatoms. The first kappa shape index (κ1) is 27.6. The summed E-state index contributed by atoms with van der Waals surface area (Å²) < 4.78 is 0. The van der Waals surface area contributed by atoms with E-state index in [-0.39, 0.29) is 12.5 Å². The SMILES string of the molecule is NC[C@H](NC(=O)c1ccc(C#Cc2ccc(NC(=O)CCCc3cccc(Cl)c3)cc2)cc1)C(=O)CO. The Morgan fingerprint density at radius 3 is 2.19 bits per heavy atom. The lowest BCUT2D eigenvalue weighted by molar-refractivity contribution is -0.123. The minimum Gasteiger partial charge on any atom is -0.388 e. The van der Waals surface area contributed by atoms with Gasteiger partial charge in [-0.3, -0.25) is 14.4 Å². The maximum Gasteiger partial charge on any atom is 0.251 e. The van der Waals surface area contributed by atoms with Gasteiger partial charge in [-0.2, -0.15) is 0 Å². The first-order chi connectivity index (χ1) is 17.9. The number of Topliss-reactive ketones (excluding diaryl/α,β-unsaturated/α-hetero) is 1. The molecule has 2 amide bonds. The number of amides is 2. The van der Waals surface area contributed by atoms with Crippen molar-refractivity contribution in [3.8, 4) is 11.8 Å². The maximum atomic E-state index is 12.3. The summed E-state index contributed by atoms with van der Waals surface area (Å²) in [5.41, 5.74) is 9.11. The van der Waals surface area contributed by atoms with Gasteiger partial charge < -0.3 is 21.5 Å². The van der Waals surface area contributed by atoms with Crippen molar-refractivity contribution in [2.45, 2.75) is 25.3 Å². The molecular weight excluding hydrogens is 490 g/mol. The number of nitrogens with two attached hydrogens (primary N) is 1. The van der Waals surface area contributed by atoms with Crippen molar-refractivity contribution in [3.63, 3.8) is 0 Å². The summed E-state index contributed by atoms with van der Waals surface area (Å²) in [4.78, 5) is 36.1. The van der Waals surface area contributed by atoms with E-state index in [1.165, 1.54) is 0 Å². The summed E-state index contributed by atoms with van der Waals surface area (Å²) >= 11 is 5.99. The normalized spacial score (nSPS) is 11.1. The van der Waals surface area contributed by atoms with Crippen molar-refractivity contribution in [1.29, 1.82) is 0 Å². The highest BCUT2D eigenvalue weighted by Gasteiger charge is 2.18. The van der Waals surface area contributed by atoms with Crippen LogP contribution >= 0.6 is 11.6 Å². The molecule has 0 radical (unpaired) electrons. The van der Waals surface area contributed by atoms with Crippen molar-refractivity contribution >= 4 is 34.9 Å². The van der Waals surface area contributed by atoms with Gasteiger partial charge >= 0.3 is 0 Å². The summed E-state index contributed by atoms with van der Waals surface area (Å²) in [6, 6.07) is 20.5. The Morgan fingerprint density at radius 2 is 1.59 bits per heavy atom. The summed E-state index contributed by atoms with van der Waals surface area (Å²) in [7, 11) is 0. The standard InChI is InChI=1S/C29H28ClN3O4/c30-24-5-1-3-22(17-24)4-2-6-28(36)32-25-15-11-21(12-16-25)8-7-20-9-13-23(14-10-20)29(37)33-26(18-31)27(35)19-34/h1,3,5,9-17,26,34H,2,4,6,18-19,31H2,(H,32,36)(H,33,37)/t26-/m0/s1. The van der Waals surface area contributed by atoms with E-state index in [1.807, 2.05) is 36.4 Å². The Labute approximate surface area is 221 Å². The zero-order valence-corrected chi connectivity index (χ0v) is 20.9. The molecule has 5 N–H and O–H groups in total. The molecule has 1 atom stereocenters. The average molecular weight is 518 g/mol. The summed E-state index contributed by atoms with van der Waals surface area (Å²) in [5, 5.41) is 15.0. The molecule has 0 aliphatic carbocycles. The van der Waals surface area contributed by atoms with Crippen LogP contribution in [-0.4, -0.2) is 41.9 Å². The van der Waals surface area contributed by atoms with Gasteiger partial charge in [-0.1, -0.05) is 35.6 Å². The second-order valence-electron chi connectivity index (χ2n) is 8.32. The smallest absolute Gasteiger partial charge is 0.251 e. The van der Waals surface area contributed by atoms with E-state index in [1.54, 1.807) is 36.4 Å². The van der Waals surface area contributed by atoms with Crippen LogP contribution in [0.3, 0.4) is 0 Å². The second-order valence-corrected chi connectivity index (χ2v) is 8.76. The predicted octanol–water partition coefficient (Wildman–Crippen LogP) is 3.32. The largest absolute Gasteiger partial charge is 0.388 e. The summed E-state index contributed by atoms with van der Waals surface area (Å²) in [5.74, 6) is 5.02. The van der Waals surface area contributed by atoms with Gasteiger partial charge in [0.15, 0.2) is 5.78 Å². The Kier molecular flexibility index (Phi) is 10.4. The third kappa shape index (κ3) is 8.89. The zero-order chi connectivity index (χ0) is 26.6. The molecule has 0 unspecified atom stereocenters. The molecule has 0 aliphatic heterocycles. The quantitative estimate of drug-likeness (QED) is 0.307. The van der Waals surface area contributed by atoms with Gasteiger partial charge in [-0.15, -0.1) is 0 Å². The number of halogens is 1. The van der Waals surface area contributed by atoms with Crippen LogP contribution in [0.2, 0.25) is 5.02 Å². The van der Waals surface area contributed by atoms with Crippen molar-refractivity contribution in [1.82, 2.24) is 5.32 Å². The first-order valence-corrected chi connectivity index (χ1v) is 12.2. The highest BCUT2D eigenvalue weighted by Crippen LogP contribution is 2.14. The van der Waals surface area contributed by atoms with Crippen molar-refractivity contribution in [2.24, 2.45) is 5.73 Å². The number of nitrogens with one attached hydrogen (secondary N) is 2. The van der Waals surface area contributed by atoms with Crippen molar-refractivity contribution in [3.05, 3.63) is 100 Å². The molecule has 0 spiro atoms. The lowest BCUT2D eigenvalue weighted by Crippen LogP contribution is -2.46. The van der Waals surface area contributed by atoms with Crippen LogP contribution in [0.1, 0.15) is 39.9 Å². The van der Waals surface area contributed by atoms with Gasteiger partial charge in [0.25, 0.3) is 5.91 Å². The molecule has 3 aromatic carbocycles. The fraction of sp³-hybridized carbons (Fsp3) is 0.207. The molecule has 0 heterocycles. The Balaban J connectivity index is 1.49. The number of benzene rings is 3. The summed E-state index contributed by atoms with van der Waals surface area (Å²) in [6.45, 7) is -0.782. The zero-order valence-electron chi connectivity index (χ0n) is 20.2. The topological polar surface area (TPSA) is 122 Å². The van der Waals surface area contributed by atoms with Crippen LogP contribution in [0.25, 0.3) is 0 Å². The van der Waals surface area contributed by atoms with Crippen LogP contribution in [0.4, 0.5) is 5.69 Å². The minimum absolute atomic E-state index is 0.0523. The van der Waals surface area contributed by atoms with Crippen LogP contribution in [0.5, 0.6) is 0 Å². The molecule has 0 aromatic heterocycles. The number of anilines is 1. The third-order valence-electron chi connectivity index (χ3n) is 5.51. The van der Waals surface area contributed by atoms with Crippen molar-refractivity contribution < 1.29 is 19.5 Å². The molecule has 0 saturated carbocycles. The second kappa shape index (κ2) is 14.0. The van der Waals surface area contributed by atoms with Crippen LogP contribution in [0, 0.1) is 11.8 Å². The molecule has 3 rings (SSSR count). The average Bonchev–Trinajstić information content (AvgIpc) is 2.91. The number of aliphatic hydroxyl groups is 1. The number of aliphatic hydroxyl groups excluding tert-OH is 1. The lowest BCUT2D eigenvalue weighted by atomic mass is 10.1. The number of hydrogen-bond donors (Lipinski definition) is 4. The number of rotatable bonds is 10. The molecule has 37 heavy (non-hydrogen) atoms. The number of carbonyl (C=O) groups excluding carboxylic acids is 3. The van der Waals surface area contributed by atoms with Crippen LogP contribution < -0.4 is 16.4 Å². The summed E-state index contributed by atoms with van der Waals surface area (Å²) in [6.07, 6.45) is 1.92. The number of carbonyl (C=O) groups is 3. The van der Waals surface area contributed by atoms with E-state index >= 15 is 0 Å². The fourth-order valence-corrected chi connectivity index (χ4v) is 3.69. The monoisotopic (exact) mass is 517 g/mol. The first-order valence-electron chi connectivity index (χ1n) is 11.8.